The van der Waals surface area contributed by atoms with Gasteiger partial charge in [-0.3, -0.25) is 0 Å². The molecular weight excluding hydrogens is 230 g/mol. The molecule has 0 aromatic rings. The van der Waals surface area contributed by atoms with Crippen LogP contribution in [-0.4, -0.2) is 6.54 Å². The van der Waals surface area contributed by atoms with Gasteiger partial charge in [0.15, 0.2) is 0 Å². The van der Waals surface area contributed by atoms with E-state index in [1.807, 2.05) is 0 Å². The molecule has 0 fully saturated rings. The van der Waals surface area contributed by atoms with Crippen LogP contribution < -0.4 is 5.73 Å². The van der Waals surface area contributed by atoms with Crippen molar-refractivity contribution in [2.75, 3.05) is 6.54 Å². The van der Waals surface area contributed by atoms with Gasteiger partial charge >= 0.3 is 0 Å². The van der Waals surface area contributed by atoms with Crippen molar-refractivity contribution < 1.29 is 0 Å². The highest BCUT2D eigenvalue weighted by Gasteiger charge is 1.99. The molecule has 1 heteroatoms. The second-order valence-corrected chi connectivity index (χ2v) is 6.36. The van der Waals surface area contributed by atoms with Gasteiger partial charge < -0.3 is 5.73 Å². The van der Waals surface area contributed by atoms with Crippen LogP contribution in [0.3, 0.4) is 0 Å². The molecule has 0 heterocycles. The normalized spacial score (nSPS) is 12.8. The first-order valence-corrected chi connectivity index (χ1v) is 9.01. The van der Waals surface area contributed by atoms with Gasteiger partial charge in [0.2, 0.25) is 0 Å². The van der Waals surface area contributed by atoms with Crippen molar-refractivity contribution in [3.63, 3.8) is 0 Å². The Morgan fingerprint density at radius 2 is 1.05 bits per heavy atom. The molecule has 2 N–H and O–H groups in total. The minimum atomic E-state index is 0.872. The standard InChI is InChI=1S/C18H39N/c1-3-15-18(2)16-13-11-9-7-5-4-6-8-10-12-14-17-19/h18H,3-17,19H2,1-2H3. The van der Waals surface area contributed by atoms with Crippen molar-refractivity contribution in [1.82, 2.24) is 0 Å². The molecule has 1 atom stereocenters. The van der Waals surface area contributed by atoms with E-state index in [0.717, 1.165) is 12.5 Å². The first-order valence-electron chi connectivity index (χ1n) is 9.01. The lowest BCUT2D eigenvalue weighted by Gasteiger charge is -2.09. The second kappa shape index (κ2) is 16.0. The Kier molecular flexibility index (Phi) is 16.0. The Labute approximate surface area is 122 Å². The molecule has 0 amide bonds. The van der Waals surface area contributed by atoms with Crippen molar-refractivity contribution in [2.24, 2.45) is 11.7 Å². The molecule has 19 heavy (non-hydrogen) atoms. The molecule has 0 aliphatic carbocycles. The van der Waals surface area contributed by atoms with Gasteiger partial charge in [0, 0.05) is 0 Å². The smallest absolute Gasteiger partial charge is 0.00773 e. The van der Waals surface area contributed by atoms with E-state index in [9.17, 15) is 0 Å². The SMILES string of the molecule is CCCC(C)CCCCCCCCCCCCCN. The Morgan fingerprint density at radius 3 is 1.47 bits per heavy atom. The van der Waals surface area contributed by atoms with E-state index in [-0.39, 0.29) is 0 Å². The predicted octanol–water partition coefficient (Wildman–Crippen LogP) is 6.06. The van der Waals surface area contributed by atoms with E-state index in [2.05, 4.69) is 13.8 Å². The summed E-state index contributed by atoms with van der Waals surface area (Å²) in [5.41, 5.74) is 5.48. The highest BCUT2D eigenvalue weighted by Crippen LogP contribution is 2.16. The van der Waals surface area contributed by atoms with Crippen LogP contribution in [-0.2, 0) is 0 Å². The maximum absolute atomic E-state index is 5.48. The maximum atomic E-state index is 5.48. The van der Waals surface area contributed by atoms with Crippen molar-refractivity contribution in [3.8, 4) is 0 Å². The molecule has 116 valence electrons. The summed E-state index contributed by atoms with van der Waals surface area (Å²) in [4.78, 5) is 0. The fourth-order valence-corrected chi connectivity index (χ4v) is 2.87. The number of hydrogen-bond donors (Lipinski definition) is 1. The van der Waals surface area contributed by atoms with Crippen molar-refractivity contribution in [3.05, 3.63) is 0 Å². The third-order valence-corrected chi connectivity index (χ3v) is 4.18. The van der Waals surface area contributed by atoms with Crippen LogP contribution in [0.4, 0.5) is 0 Å². The van der Waals surface area contributed by atoms with Gasteiger partial charge in [0.1, 0.15) is 0 Å². The van der Waals surface area contributed by atoms with Gasteiger partial charge in [-0.25, -0.2) is 0 Å². The molecule has 1 nitrogen and oxygen atoms in total. The third-order valence-electron chi connectivity index (χ3n) is 4.18. The van der Waals surface area contributed by atoms with E-state index in [1.54, 1.807) is 0 Å². The maximum Gasteiger partial charge on any atom is -0.00773 e. The van der Waals surface area contributed by atoms with Gasteiger partial charge in [-0.1, -0.05) is 97.3 Å². The van der Waals surface area contributed by atoms with Crippen LogP contribution in [0, 0.1) is 5.92 Å². The molecule has 0 bridgehead atoms. The van der Waals surface area contributed by atoms with Gasteiger partial charge in [-0.2, -0.15) is 0 Å². The number of rotatable bonds is 15. The summed E-state index contributed by atoms with van der Waals surface area (Å²) in [6.07, 6.45) is 19.8. The number of hydrogen-bond acceptors (Lipinski definition) is 1. The lowest BCUT2D eigenvalue weighted by molar-refractivity contribution is 0.450. The highest BCUT2D eigenvalue weighted by atomic mass is 14.5. The van der Waals surface area contributed by atoms with Gasteiger partial charge in [0.25, 0.3) is 0 Å². The molecule has 0 aliphatic heterocycles. The van der Waals surface area contributed by atoms with Crippen molar-refractivity contribution >= 4 is 0 Å². The van der Waals surface area contributed by atoms with Crippen LogP contribution in [0.1, 0.15) is 104 Å². The first-order chi connectivity index (χ1) is 9.31. The lowest BCUT2D eigenvalue weighted by atomic mass is 9.98. The molecule has 0 rings (SSSR count). The minimum Gasteiger partial charge on any atom is -0.330 e. The minimum absolute atomic E-state index is 0.872. The molecule has 0 radical (unpaired) electrons. The Hall–Kier alpha value is -0.0400. The average Bonchev–Trinajstić information content (AvgIpc) is 2.40. The number of nitrogens with two attached hydrogens (primary N) is 1. The lowest BCUT2D eigenvalue weighted by Crippen LogP contribution is -1.97. The summed E-state index contributed by atoms with van der Waals surface area (Å²) in [6.45, 7) is 5.58. The summed E-state index contributed by atoms with van der Waals surface area (Å²) < 4.78 is 0. The van der Waals surface area contributed by atoms with Crippen LogP contribution >= 0.6 is 0 Å². The topological polar surface area (TPSA) is 26.0 Å². The number of unbranched alkanes of at least 4 members (excludes halogenated alkanes) is 10. The zero-order chi connectivity index (χ0) is 14.2. The Morgan fingerprint density at radius 1 is 0.632 bits per heavy atom. The van der Waals surface area contributed by atoms with Gasteiger partial charge in [-0.05, 0) is 18.9 Å². The van der Waals surface area contributed by atoms with Crippen LogP contribution in [0.5, 0.6) is 0 Å². The summed E-state index contributed by atoms with van der Waals surface area (Å²) in [6, 6.07) is 0. The van der Waals surface area contributed by atoms with E-state index in [1.165, 1.54) is 89.9 Å². The fraction of sp³-hybridized carbons (Fsp3) is 1.00. The Bertz CT molecular complexity index is 156. The Balaban J connectivity index is 2.99. The van der Waals surface area contributed by atoms with E-state index in [4.69, 9.17) is 5.73 Å². The second-order valence-electron chi connectivity index (χ2n) is 6.36. The molecule has 0 aromatic heterocycles. The van der Waals surface area contributed by atoms with Crippen LogP contribution in [0.25, 0.3) is 0 Å². The third kappa shape index (κ3) is 15.9. The predicted molar refractivity (Wildman–Crippen MR) is 88.5 cm³/mol. The summed E-state index contributed by atoms with van der Waals surface area (Å²) in [5, 5.41) is 0. The van der Waals surface area contributed by atoms with E-state index < -0.39 is 0 Å². The zero-order valence-electron chi connectivity index (χ0n) is 13.8. The molecule has 0 saturated carbocycles. The molecular formula is C18H39N. The van der Waals surface area contributed by atoms with Crippen LogP contribution in [0.15, 0.2) is 0 Å². The van der Waals surface area contributed by atoms with Crippen molar-refractivity contribution in [2.45, 2.75) is 104 Å². The first kappa shape index (κ1) is 19.0. The fourth-order valence-electron chi connectivity index (χ4n) is 2.87. The van der Waals surface area contributed by atoms with Crippen LogP contribution in [0.2, 0.25) is 0 Å². The molecule has 0 aliphatic rings. The summed E-state index contributed by atoms with van der Waals surface area (Å²) in [7, 11) is 0. The average molecular weight is 270 g/mol. The van der Waals surface area contributed by atoms with Gasteiger partial charge in [0.05, 0.1) is 0 Å². The summed E-state index contributed by atoms with van der Waals surface area (Å²) >= 11 is 0. The van der Waals surface area contributed by atoms with Gasteiger partial charge in [-0.15, -0.1) is 0 Å². The summed E-state index contributed by atoms with van der Waals surface area (Å²) in [5.74, 6) is 0.957. The van der Waals surface area contributed by atoms with E-state index >= 15 is 0 Å². The zero-order valence-corrected chi connectivity index (χ0v) is 13.8. The highest BCUT2D eigenvalue weighted by molar-refractivity contribution is 4.53. The molecule has 1 unspecified atom stereocenters. The van der Waals surface area contributed by atoms with E-state index in [0.29, 0.717) is 0 Å². The quantitative estimate of drug-likeness (QED) is 0.359. The van der Waals surface area contributed by atoms with Crippen molar-refractivity contribution in [1.29, 1.82) is 0 Å². The molecule has 0 saturated heterocycles. The molecule has 0 spiro atoms. The molecule has 0 aromatic carbocycles. The largest absolute Gasteiger partial charge is 0.330 e. The monoisotopic (exact) mass is 269 g/mol.